The van der Waals surface area contributed by atoms with Gasteiger partial charge in [0.1, 0.15) is 5.78 Å². The highest BCUT2D eigenvalue weighted by molar-refractivity contribution is 5.79. The monoisotopic (exact) mass is 278 g/mol. The van der Waals surface area contributed by atoms with Crippen molar-refractivity contribution in [1.82, 2.24) is 0 Å². The highest BCUT2D eigenvalue weighted by Gasteiger charge is 2.63. The summed E-state index contributed by atoms with van der Waals surface area (Å²) in [4.78, 5) is 11.8. The van der Waals surface area contributed by atoms with Crippen LogP contribution >= 0.6 is 0 Å². The fourth-order valence-corrected chi connectivity index (χ4v) is 5.87. The summed E-state index contributed by atoms with van der Waals surface area (Å²) in [5.41, 5.74) is 1.09. The molecule has 0 aromatic rings. The van der Waals surface area contributed by atoms with Gasteiger partial charge in [0, 0.05) is 12.8 Å². The van der Waals surface area contributed by atoms with Crippen LogP contribution in [0.3, 0.4) is 0 Å². The van der Waals surface area contributed by atoms with Crippen molar-refractivity contribution in [2.45, 2.75) is 80.1 Å². The second-order valence-electron chi connectivity index (χ2n) is 7.93. The Hall–Kier alpha value is -0.330. The maximum atomic E-state index is 11.8. The van der Waals surface area contributed by atoms with Gasteiger partial charge in [-0.1, -0.05) is 48.0 Å². The van der Waals surface area contributed by atoms with Crippen LogP contribution in [0.4, 0.5) is 0 Å². The fourth-order valence-electron chi connectivity index (χ4n) is 5.87. The normalized spacial score (nSPS) is 45.4. The van der Waals surface area contributed by atoms with Crippen molar-refractivity contribution in [2.24, 2.45) is 34.5 Å². The lowest BCUT2D eigenvalue weighted by Crippen LogP contribution is -2.62. The largest absolute Gasteiger partial charge is 0.300 e. The van der Waals surface area contributed by atoms with E-state index in [2.05, 4.69) is 27.7 Å². The number of Topliss-reactive ketones (excluding diaryl/α,β-unsaturated/α-hetero) is 1. The number of carbonyl (C=O) groups excluding carboxylic acids is 1. The third-order valence-electron chi connectivity index (χ3n) is 7.33. The molecule has 0 aromatic heterocycles. The minimum absolute atomic E-state index is 0.520. The summed E-state index contributed by atoms with van der Waals surface area (Å²) in [5, 5.41) is 0. The maximum Gasteiger partial charge on any atom is 0.133 e. The van der Waals surface area contributed by atoms with E-state index in [-0.39, 0.29) is 0 Å². The first-order chi connectivity index (χ1) is 9.41. The summed E-state index contributed by atoms with van der Waals surface area (Å²) < 4.78 is 0. The van der Waals surface area contributed by atoms with Crippen LogP contribution in [0.15, 0.2) is 0 Å². The van der Waals surface area contributed by atoms with E-state index in [1.165, 1.54) is 25.7 Å². The molecule has 4 fully saturated rings. The van der Waals surface area contributed by atoms with E-state index in [1.54, 1.807) is 0 Å². The minimum atomic E-state index is 0.520. The first-order valence-corrected chi connectivity index (χ1v) is 8.93. The van der Waals surface area contributed by atoms with Gasteiger partial charge in [0.15, 0.2) is 0 Å². The molecule has 0 radical (unpaired) electrons. The molecule has 4 aliphatic carbocycles. The van der Waals surface area contributed by atoms with E-state index in [1.807, 2.05) is 13.8 Å². The Morgan fingerprint density at radius 1 is 1.25 bits per heavy atom. The molecule has 1 nitrogen and oxygen atoms in total. The van der Waals surface area contributed by atoms with E-state index in [0.717, 1.165) is 30.6 Å². The van der Waals surface area contributed by atoms with Crippen molar-refractivity contribution in [3.05, 3.63) is 0 Å². The van der Waals surface area contributed by atoms with Crippen molar-refractivity contribution >= 4 is 5.78 Å². The van der Waals surface area contributed by atoms with E-state index < -0.39 is 0 Å². The average Bonchev–Trinajstić information content (AvgIpc) is 2.45. The molecule has 2 bridgehead atoms. The first-order valence-electron chi connectivity index (χ1n) is 8.93. The van der Waals surface area contributed by atoms with Gasteiger partial charge >= 0.3 is 0 Å². The molecule has 4 rings (SSSR count). The quantitative estimate of drug-likeness (QED) is 0.620. The van der Waals surface area contributed by atoms with Crippen LogP contribution < -0.4 is 0 Å². The van der Waals surface area contributed by atoms with Crippen LogP contribution in [0, 0.1) is 34.5 Å². The summed E-state index contributed by atoms with van der Waals surface area (Å²) in [5.74, 6) is 3.88. The Morgan fingerprint density at radius 3 is 2.40 bits per heavy atom. The van der Waals surface area contributed by atoms with Gasteiger partial charge in [0.2, 0.25) is 0 Å². The van der Waals surface area contributed by atoms with Crippen molar-refractivity contribution < 1.29 is 4.79 Å². The van der Waals surface area contributed by atoms with Crippen molar-refractivity contribution in [3.63, 3.8) is 0 Å². The first kappa shape index (κ1) is 16.0. The smallest absolute Gasteiger partial charge is 0.133 e. The number of hydrogen-bond donors (Lipinski definition) is 0. The number of rotatable bonds is 1. The lowest BCUT2D eigenvalue weighted by molar-refractivity contribution is -0.197. The molecule has 0 amide bonds. The van der Waals surface area contributed by atoms with Crippen LogP contribution in [0.25, 0.3) is 0 Å². The highest BCUT2D eigenvalue weighted by Crippen LogP contribution is 2.70. The van der Waals surface area contributed by atoms with Crippen LogP contribution in [0.5, 0.6) is 0 Å². The maximum absolute atomic E-state index is 11.8. The lowest BCUT2D eigenvalue weighted by Gasteiger charge is -2.68. The zero-order valence-electron chi connectivity index (χ0n) is 14.5. The summed E-state index contributed by atoms with van der Waals surface area (Å²) in [6.45, 7) is 13.7. The summed E-state index contributed by atoms with van der Waals surface area (Å²) in [7, 11) is 0. The standard InChI is InChI=1S/C17H28O.C2H6/c1-5-12-8-14(18)6-7-17(12)10-13-9-15(11(17)2)16(13,3)4;1-2/h11-13,15H,5-10H2,1-4H3;1-2H3. The van der Waals surface area contributed by atoms with Gasteiger partial charge in [-0.25, -0.2) is 0 Å². The van der Waals surface area contributed by atoms with Crippen molar-refractivity contribution in [1.29, 1.82) is 0 Å². The van der Waals surface area contributed by atoms with E-state index in [4.69, 9.17) is 0 Å². The van der Waals surface area contributed by atoms with E-state index in [0.29, 0.717) is 22.5 Å². The zero-order valence-corrected chi connectivity index (χ0v) is 14.5. The average molecular weight is 278 g/mol. The molecule has 0 heterocycles. The van der Waals surface area contributed by atoms with Gasteiger partial charge < -0.3 is 0 Å². The van der Waals surface area contributed by atoms with Gasteiger partial charge in [-0.05, 0) is 53.8 Å². The molecule has 1 spiro atoms. The van der Waals surface area contributed by atoms with Crippen LogP contribution in [-0.2, 0) is 4.79 Å². The molecule has 0 N–H and O–H groups in total. The Balaban J connectivity index is 0.000000704. The Labute approximate surface area is 125 Å². The summed E-state index contributed by atoms with van der Waals surface area (Å²) in [6, 6.07) is 0. The van der Waals surface area contributed by atoms with Crippen LogP contribution in [-0.4, -0.2) is 5.78 Å². The van der Waals surface area contributed by atoms with E-state index in [9.17, 15) is 4.79 Å². The molecule has 0 aliphatic heterocycles. The molecule has 116 valence electrons. The Kier molecular flexibility index (Phi) is 4.38. The molecule has 5 unspecified atom stereocenters. The third kappa shape index (κ3) is 2.07. The van der Waals surface area contributed by atoms with E-state index >= 15 is 0 Å². The second kappa shape index (κ2) is 5.46. The molecule has 20 heavy (non-hydrogen) atoms. The number of carbonyl (C=O) groups is 1. The Morgan fingerprint density at radius 2 is 1.90 bits per heavy atom. The van der Waals surface area contributed by atoms with Crippen LogP contribution in [0.2, 0.25) is 0 Å². The van der Waals surface area contributed by atoms with Gasteiger partial charge in [-0.2, -0.15) is 0 Å². The fraction of sp³-hybridized carbons (Fsp3) is 0.947. The number of hydrogen-bond acceptors (Lipinski definition) is 1. The van der Waals surface area contributed by atoms with Gasteiger partial charge in [0.25, 0.3) is 0 Å². The molecule has 1 heteroatoms. The molecule has 4 aliphatic rings. The van der Waals surface area contributed by atoms with Gasteiger partial charge in [-0.15, -0.1) is 0 Å². The molecular formula is C19H34O. The predicted octanol–water partition coefficient (Wildman–Crippen LogP) is 5.48. The van der Waals surface area contributed by atoms with Gasteiger partial charge in [0.05, 0.1) is 0 Å². The highest BCUT2D eigenvalue weighted by atomic mass is 16.1. The summed E-state index contributed by atoms with van der Waals surface area (Å²) in [6.07, 6.45) is 7.00. The van der Waals surface area contributed by atoms with Crippen molar-refractivity contribution in [2.75, 3.05) is 0 Å². The molecule has 0 saturated heterocycles. The SMILES string of the molecule is CC.CCC1CC(=O)CCC12CC1CC(C2C)C1(C)C. The Bertz CT molecular complexity index is 370. The van der Waals surface area contributed by atoms with Crippen LogP contribution in [0.1, 0.15) is 80.1 Å². The number of ketones is 1. The molecular weight excluding hydrogens is 244 g/mol. The lowest BCUT2D eigenvalue weighted by atomic mass is 9.36. The second-order valence-corrected chi connectivity index (χ2v) is 7.93. The molecule has 4 saturated carbocycles. The summed E-state index contributed by atoms with van der Waals surface area (Å²) >= 11 is 0. The predicted molar refractivity (Wildman–Crippen MR) is 85.6 cm³/mol. The molecule has 5 atom stereocenters. The topological polar surface area (TPSA) is 17.1 Å². The zero-order chi connectivity index (χ0) is 15.1. The molecule has 0 aromatic carbocycles. The third-order valence-corrected chi connectivity index (χ3v) is 7.33. The van der Waals surface area contributed by atoms with Gasteiger partial charge in [-0.3, -0.25) is 4.79 Å². The van der Waals surface area contributed by atoms with Crippen molar-refractivity contribution in [3.8, 4) is 0 Å². The minimum Gasteiger partial charge on any atom is -0.300 e.